The SMILES string of the molecule is O=Cc1ccc(-c2cc(F)cc(F)c2Br)o1. The normalized spacial score (nSPS) is 10.4. The van der Waals surface area contributed by atoms with Crippen LogP contribution >= 0.6 is 15.9 Å². The third kappa shape index (κ3) is 1.90. The van der Waals surface area contributed by atoms with E-state index in [1.807, 2.05) is 0 Å². The lowest BCUT2D eigenvalue weighted by atomic mass is 10.1. The zero-order valence-corrected chi connectivity index (χ0v) is 9.42. The first-order valence-electron chi connectivity index (χ1n) is 4.31. The maximum atomic E-state index is 13.2. The average Bonchev–Trinajstić information content (AvgIpc) is 2.71. The van der Waals surface area contributed by atoms with E-state index in [4.69, 9.17) is 4.42 Å². The Bertz CT molecular complexity index is 549. The number of hydrogen-bond acceptors (Lipinski definition) is 2. The monoisotopic (exact) mass is 286 g/mol. The molecule has 1 aromatic carbocycles. The maximum Gasteiger partial charge on any atom is 0.185 e. The molecule has 0 atom stereocenters. The lowest BCUT2D eigenvalue weighted by molar-refractivity contribution is 0.110. The lowest BCUT2D eigenvalue weighted by Gasteiger charge is -2.02. The van der Waals surface area contributed by atoms with Crippen molar-refractivity contribution in [1.29, 1.82) is 0 Å². The molecule has 0 saturated heterocycles. The minimum atomic E-state index is -0.723. The van der Waals surface area contributed by atoms with Gasteiger partial charge in [0.25, 0.3) is 0 Å². The summed E-state index contributed by atoms with van der Waals surface area (Å²) in [7, 11) is 0. The highest BCUT2D eigenvalue weighted by Crippen LogP contribution is 2.32. The highest BCUT2D eigenvalue weighted by Gasteiger charge is 2.13. The summed E-state index contributed by atoms with van der Waals surface area (Å²) in [5.41, 5.74) is 0.227. The molecule has 0 N–H and O–H groups in total. The molecule has 0 aliphatic rings. The predicted octanol–water partition coefficient (Wildman–Crippen LogP) is 3.80. The molecule has 1 heterocycles. The van der Waals surface area contributed by atoms with E-state index in [9.17, 15) is 13.6 Å². The van der Waals surface area contributed by atoms with Crippen molar-refractivity contribution in [2.45, 2.75) is 0 Å². The standard InChI is InChI=1S/C11H5BrF2O2/c12-11-8(3-6(13)4-9(11)14)10-2-1-7(5-15)16-10/h1-5H. The van der Waals surface area contributed by atoms with E-state index in [1.165, 1.54) is 12.1 Å². The molecular formula is C11H5BrF2O2. The Labute approximate surface area is 98.0 Å². The van der Waals surface area contributed by atoms with Crippen LogP contribution in [0.5, 0.6) is 0 Å². The van der Waals surface area contributed by atoms with E-state index in [2.05, 4.69) is 15.9 Å². The largest absolute Gasteiger partial charge is 0.453 e. The molecule has 0 fully saturated rings. The van der Waals surface area contributed by atoms with Gasteiger partial charge in [-0.1, -0.05) is 0 Å². The van der Waals surface area contributed by atoms with Crippen LogP contribution < -0.4 is 0 Å². The summed E-state index contributed by atoms with van der Waals surface area (Å²) in [6.45, 7) is 0. The van der Waals surface area contributed by atoms with Crippen LogP contribution in [-0.2, 0) is 0 Å². The van der Waals surface area contributed by atoms with Gasteiger partial charge in [-0.15, -0.1) is 0 Å². The molecular weight excluding hydrogens is 282 g/mol. The topological polar surface area (TPSA) is 30.2 Å². The van der Waals surface area contributed by atoms with Crippen molar-refractivity contribution in [2.24, 2.45) is 0 Å². The average molecular weight is 287 g/mol. The molecule has 0 radical (unpaired) electrons. The van der Waals surface area contributed by atoms with Crippen LogP contribution in [-0.4, -0.2) is 6.29 Å². The van der Waals surface area contributed by atoms with E-state index in [0.717, 1.165) is 12.1 Å². The Morgan fingerprint density at radius 3 is 2.62 bits per heavy atom. The van der Waals surface area contributed by atoms with Gasteiger partial charge in [-0.05, 0) is 34.1 Å². The number of aldehydes is 1. The van der Waals surface area contributed by atoms with E-state index in [-0.39, 0.29) is 21.6 Å². The molecule has 0 bridgehead atoms. The minimum Gasteiger partial charge on any atom is -0.453 e. The summed E-state index contributed by atoms with van der Waals surface area (Å²) in [5.74, 6) is -1.10. The van der Waals surface area contributed by atoms with E-state index in [1.54, 1.807) is 0 Å². The van der Waals surface area contributed by atoms with Crippen LogP contribution in [0.1, 0.15) is 10.6 Å². The zero-order valence-electron chi connectivity index (χ0n) is 7.84. The minimum absolute atomic E-state index is 0.0979. The molecule has 0 spiro atoms. The summed E-state index contributed by atoms with van der Waals surface area (Å²) in [6.07, 6.45) is 0.521. The molecule has 0 aliphatic heterocycles. The molecule has 0 aliphatic carbocycles. The van der Waals surface area contributed by atoms with Gasteiger partial charge in [-0.2, -0.15) is 0 Å². The number of halogens is 3. The van der Waals surface area contributed by atoms with Crippen molar-refractivity contribution in [1.82, 2.24) is 0 Å². The second kappa shape index (κ2) is 4.17. The number of hydrogen-bond donors (Lipinski definition) is 0. The number of carbonyl (C=O) groups excluding carboxylic acids is 1. The van der Waals surface area contributed by atoms with Gasteiger partial charge in [0.15, 0.2) is 12.0 Å². The predicted molar refractivity (Wildman–Crippen MR) is 57.1 cm³/mol. The van der Waals surface area contributed by atoms with Crippen molar-refractivity contribution in [3.8, 4) is 11.3 Å². The summed E-state index contributed by atoms with van der Waals surface area (Å²) in [6, 6.07) is 4.79. The molecule has 82 valence electrons. The van der Waals surface area contributed by atoms with Crippen LogP contribution in [0.2, 0.25) is 0 Å². The molecule has 5 heteroatoms. The fourth-order valence-electron chi connectivity index (χ4n) is 1.30. The van der Waals surface area contributed by atoms with E-state index in [0.29, 0.717) is 6.29 Å². The number of carbonyl (C=O) groups is 1. The molecule has 0 amide bonds. The Balaban J connectivity index is 2.58. The van der Waals surface area contributed by atoms with Crippen LogP contribution in [0.3, 0.4) is 0 Å². The van der Waals surface area contributed by atoms with E-state index < -0.39 is 11.6 Å². The van der Waals surface area contributed by atoms with E-state index >= 15 is 0 Å². The molecule has 16 heavy (non-hydrogen) atoms. The third-order valence-corrected chi connectivity index (χ3v) is 2.81. The van der Waals surface area contributed by atoms with Crippen molar-refractivity contribution >= 4 is 22.2 Å². The first-order valence-corrected chi connectivity index (χ1v) is 5.11. The first-order chi connectivity index (χ1) is 7.61. The Hall–Kier alpha value is -1.49. The quantitative estimate of drug-likeness (QED) is 0.621. The van der Waals surface area contributed by atoms with Crippen LogP contribution in [0.25, 0.3) is 11.3 Å². The number of furan rings is 1. The third-order valence-electron chi connectivity index (χ3n) is 2.00. The van der Waals surface area contributed by atoms with Gasteiger partial charge in [0.05, 0.1) is 4.47 Å². The Morgan fingerprint density at radius 2 is 2.00 bits per heavy atom. The second-order valence-electron chi connectivity index (χ2n) is 3.07. The molecule has 2 nitrogen and oxygen atoms in total. The fourth-order valence-corrected chi connectivity index (χ4v) is 1.72. The summed E-state index contributed by atoms with van der Waals surface area (Å²) >= 11 is 2.99. The number of rotatable bonds is 2. The first kappa shape index (κ1) is 11.0. The molecule has 1 aromatic heterocycles. The second-order valence-corrected chi connectivity index (χ2v) is 3.86. The maximum absolute atomic E-state index is 13.2. The van der Waals surface area contributed by atoms with Crippen LogP contribution in [0.4, 0.5) is 8.78 Å². The van der Waals surface area contributed by atoms with Crippen molar-refractivity contribution in [2.75, 3.05) is 0 Å². The Morgan fingerprint density at radius 1 is 1.25 bits per heavy atom. The molecule has 0 saturated carbocycles. The molecule has 2 aromatic rings. The van der Waals surface area contributed by atoms with Crippen molar-refractivity contribution < 1.29 is 18.0 Å². The summed E-state index contributed by atoms with van der Waals surface area (Å²) < 4.78 is 31.4. The van der Waals surface area contributed by atoms with Gasteiger partial charge >= 0.3 is 0 Å². The van der Waals surface area contributed by atoms with Gasteiger partial charge in [0.1, 0.15) is 17.4 Å². The molecule has 0 unspecified atom stereocenters. The fraction of sp³-hybridized carbons (Fsp3) is 0. The number of benzene rings is 1. The smallest absolute Gasteiger partial charge is 0.185 e. The highest BCUT2D eigenvalue weighted by molar-refractivity contribution is 9.10. The Kier molecular flexibility index (Phi) is 2.87. The lowest BCUT2D eigenvalue weighted by Crippen LogP contribution is -1.86. The summed E-state index contributed by atoms with van der Waals surface area (Å²) in [4.78, 5) is 10.4. The zero-order chi connectivity index (χ0) is 11.7. The van der Waals surface area contributed by atoms with Gasteiger partial charge in [-0.3, -0.25) is 4.79 Å². The van der Waals surface area contributed by atoms with Crippen LogP contribution in [0, 0.1) is 11.6 Å². The van der Waals surface area contributed by atoms with Crippen molar-refractivity contribution in [3.05, 3.63) is 46.1 Å². The summed E-state index contributed by atoms with van der Waals surface area (Å²) in [5, 5.41) is 0. The van der Waals surface area contributed by atoms with Crippen LogP contribution in [0.15, 0.2) is 33.2 Å². The van der Waals surface area contributed by atoms with Gasteiger partial charge < -0.3 is 4.42 Å². The van der Waals surface area contributed by atoms with Crippen molar-refractivity contribution in [3.63, 3.8) is 0 Å². The van der Waals surface area contributed by atoms with Gasteiger partial charge in [0, 0.05) is 11.6 Å². The molecule has 2 rings (SSSR count). The highest BCUT2D eigenvalue weighted by atomic mass is 79.9. The van der Waals surface area contributed by atoms with Gasteiger partial charge in [0.2, 0.25) is 0 Å². The van der Waals surface area contributed by atoms with Gasteiger partial charge in [-0.25, -0.2) is 8.78 Å².